The number of halogens is 1. The molecule has 0 amide bonds. The Balaban J connectivity index is 1.44. The molecule has 0 saturated carbocycles. The van der Waals surface area contributed by atoms with Gasteiger partial charge in [0.25, 0.3) is 5.56 Å². The lowest BCUT2D eigenvalue weighted by molar-refractivity contribution is 0.0169. The molecule has 0 unspecified atom stereocenters. The first-order valence-electron chi connectivity index (χ1n) is 8.08. The van der Waals surface area contributed by atoms with Crippen LogP contribution in [0.3, 0.4) is 0 Å². The molecule has 0 bridgehead atoms. The van der Waals surface area contributed by atoms with E-state index in [1.165, 1.54) is 10.9 Å². The molecule has 7 nitrogen and oxygen atoms in total. The third kappa shape index (κ3) is 4.78. The molecule has 8 heteroatoms. The maximum atomic E-state index is 12.3. The van der Waals surface area contributed by atoms with E-state index in [9.17, 15) is 9.90 Å². The minimum absolute atomic E-state index is 0.0848. The van der Waals surface area contributed by atoms with E-state index >= 15 is 0 Å². The Morgan fingerprint density at radius 1 is 1.15 bits per heavy atom. The van der Waals surface area contributed by atoms with Crippen molar-refractivity contribution >= 4 is 22.6 Å². The first kappa shape index (κ1) is 18.3. The van der Waals surface area contributed by atoms with E-state index in [0.29, 0.717) is 35.0 Å². The molecule has 0 aliphatic carbocycles. The molecule has 1 atom stereocenters. The normalized spacial score (nSPS) is 12.2. The quantitative estimate of drug-likeness (QED) is 0.605. The molecule has 1 aromatic carbocycles. The van der Waals surface area contributed by atoms with Gasteiger partial charge in [0.15, 0.2) is 5.65 Å². The Bertz CT molecular complexity index is 914. The number of ether oxygens (including phenoxy) is 2. The summed E-state index contributed by atoms with van der Waals surface area (Å²) in [6, 6.07) is 10.4. The maximum Gasteiger partial charge on any atom is 0.262 e. The molecule has 0 fully saturated rings. The molecule has 0 saturated heterocycles. The van der Waals surface area contributed by atoms with Crippen LogP contribution in [0.1, 0.15) is 0 Å². The summed E-state index contributed by atoms with van der Waals surface area (Å²) in [7, 11) is 0. The maximum absolute atomic E-state index is 12.3. The van der Waals surface area contributed by atoms with Crippen LogP contribution in [0.25, 0.3) is 11.0 Å². The SMILES string of the molecule is O=c1c2cccnc2ncn1C[C@H](O)COCCOc1ccc(Cl)cc1. The molecule has 0 aliphatic heterocycles. The van der Waals surface area contributed by atoms with Crippen molar-refractivity contribution in [1.82, 2.24) is 14.5 Å². The second kappa shape index (κ2) is 8.75. The highest BCUT2D eigenvalue weighted by Crippen LogP contribution is 2.15. The van der Waals surface area contributed by atoms with Gasteiger partial charge in [0.2, 0.25) is 0 Å². The largest absolute Gasteiger partial charge is 0.491 e. The molecule has 26 heavy (non-hydrogen) atoms. The summed E-state index contributed by atoms with van der Waals surface area (Å²) in [6.45, 7) is 0.835. The highest BCUT2D eigenvalue weighted by atomic mass is 35.5. The zero-order valence-electron chi connectivity index (χ0n) is 13.9. The van der Waals surface area contributed by atoms with Crippen molar-refractivity contribution < 1.29 is 14.6 Å². The van der Waals surface area contributed by atoms with Crippen LogP contribution in [0.15, 0.2) is 53.7 Å². The fraction of sp³-hybridized carbons (Fsp3) is 0.278. The average molecular weight is 376 g/mol. The number of aliphatic hydroxyl groups is 1. The Morgan fingerprint density at radius 3 is 2.77 bits per heavy atom. The van der Waals surface area contributed by atoms with Crippen LogP contribution in [0.2, 0.25) is 5.02 Å². The van der Waals surface area contributed by atoms with Gasteiger partial charge >= 0.3 is 0 Å². The van der Waals surface area contributed by atoms with E-state index in [0.717, 1.165) is 0 Å². The van der Waals surface area contributed by atoms with Crippen LogP contribution in [0.5, 0.6) is 5.75 Å². The van der Waals surface area contributed by atoms with Gasteiger partial charge in [0.1, 0.15) is 18.7 Å². The number of nitrogens with zero attached hydrogens (tertiary/aromatic N) is 3. The molecule has 2 aromatic heterocycles. The molecule has 0 radical (unpaired) electrons. The number of rotatable bonds is 8. The van der Waals surface area contributed by atoms with E-state index < -0.39 is 6.10 Å². The average Bonchev–Trinajstić information content (AvgIpc) is 2.65. The number of pyridine rings is 1. The van der Waals surface area contributed by atoms with Crippen molar-refractivity contribution in [3.05, 3.63) is 64.3 Å². The van der Waals surface area contributed by atoms with Gasteiger partial charge in [-0.1, -0.05) is 11.6 Å². The second-order valence-corrected chi connectivity index (χ2v) is 6.04. The molecule has 1 N–H and O–H groups in total. The van der Waals surface area contributed by atoms with Crippen LogP contribution >= 0.6 is 11.6 Å². The van der Waals surface area contributed by atoms with Crippen molar-refractivity contribution in [3.8, 4) is 5.75 Å². The zero-order chi connectivity index (χ0) is 18.4. The lowest BCUT2D eigenvalue weighted by atomic mass is 10.3. The summed E-state index contributed by atoms with van der Waals surface area (Å²) >= 11 is 5.80. The fourth-order valence-electron chi connectivity index (χ4n) is 2.38. The van der Waals surface area contributed by atoms with E-state index in [2.05, 4.69) is 9.97 Å². The molecule has 0 aliphatic rings. The number of fused-ring (bicyclic) bond motifs is 1. The Labute approximate surface area is 154 Å². The third-order valence-corrected chi connectivity index (χ3v) is 3.88. The van der Waals surface area contributed by atoms with Gasteiger partial charge in [-0.3, -0.25) is 9.36 Å². The number of hydrogen-bond acceptors (Lipinski definition) is 6. The summed E-state index contributed by atoms with van der Waals surface area (Å²) in [5, 5.41) is 11.1. The first-order valence-corrected chi connectivity index (χ1v) is 8.45. The number of hydrogen-bond donors (Lipinski definition) is 1. The third-order valence-electron chi connectivity index (χ3n) is 3.63. The highest BCUT2D eigenvalue weighted by Gasteiger charge is 2.10. The summed E-state index contributed by atoms with van der Waals surface area (Å²) in [5.74, 6) is 0.695. The molecule has 3 aromatic rings. The van der Waals surface area contributed by atoms with E-state index in [1.54, 1.807) is 42.6 Å². The Morgan fingerprint density at radius 2 is 1.96 bits per heavy atom. The topological polar surface area (TPSA) is 86.5 Å². The Hall–Kier alpha value is -2.48. The fourth-order valence-corrected chi connectivity index (χ4v) is 2.50. The summed E-state index contributed by atoms with van der Waals surface area (Å²) in [6.07, 6.45) is 2.12. The minimum atomic E-state index is -0.834. The van der Waals surface area contributed by atoms with E-state index in [-0.39, 0.29) is 18.7 Å². The van der Waals surface area contributed by atoms with Crippen molar-refractivity contribution in [2.45, 2.75) is 12.6 Å². The van der Waals surface area contributed by atoms with Gasteiger partial charge in [-0.15, -0.1) is 0 Å². The number of benzene rings is 1. The number of aromatic nitrogens is 3. The lowest BCUT2D eigenvalue weighted by Crippen LogP contribution is -2.30. The van der Waals surface area contributed by atoms with Crippen molar-refractivity contribution in [1.29, 1.82) is 0 Å². The van der Waals surface area contributed by atoms with Gasteiger partial charge < -0.3 is 14.6 Å². The van der Waals surface area contributed by atoms with Crippen LogP contribution in [-0.2, 0) is 11.3 Å². The monoisotopic (exact) mass is 375 g/mol. The van der Waals surface area contributed by atoms with Gasteiger partial charge in [-0.25, -0.2) is 9.97 Å². The molecule has 2 heterocycles. The predicted octanol–water partition coefficient (Wildman–Crippen LogP) is 1.90. The second-order valence-electron chi connectivity index (χ2n) is 5.61. The van der Waals surface area contributed by atoms with Gasteiger partial charge in [0.05, 0.1) is 31.2 Å². The standard InChI is InChI=1S/C18H18ClN3O4/c19-13-3-5-15(6-4-13)26-9-8-25-11-14(23)10-22-12-21-17-16(18(22)24)2-1-7-20-17/h1-7,12,14,23H,8-11H2/t14-/m0/s1. The van der Waals surface area contributed by atoms with E-state index in [4.69, 9.17) is 21.1 Å². The first-order chi connectivity index (χ1) is 12.6. The minimum Gasteiger partial charge on any atom is -0.491 e. The van der Waals surface area contributed by atoms with Gasteiger partial charge in [-0.2, -0.15) is 0 Å². The van der Waals surface area contributed by atoms with Crippen molar-refractivity contribution in [3.63, 3.8) is 0 Å². The zero-order valence-corrected chi connectivity index (χ0v) is 14.7. The Kier molecular flexibility index (Phi) is 6.17. The van der Waals surface area contributed by atoms with Crippen molar-refractivity contribution in [2.24, 2.45) is 0 Å². The summed E-state index contributed by atoms with van der Waals surface area (Å²) < 4.78 is 12.2. The smallest absolute Gasteiger partial charge is 0.262 e. The molecular weight excluding hydrogens is 358 g/mol. The van der Waals surface area contributed by atoms with Gasteiger partial charge in [-0.05, 0) is 36.4 Å². The number of aliphatic hydroxyl groups excluding tert-OH is 1. The van der Waals surface area contributed by atoms with Crippen LogP contribution < -0.4 is 10.3 Å². The van der Waals surface area contributed by atoms with Crippen LogP contribution in [0, 0.1) is 0 Å². The van der Waals surface area contributed by atoms with Gasteiger partial charge in [0, 0.05) is 11.2 Å². The molecule has 3 rings (SSSR count). The van der Waals surface area contributed by atoms with Crippen LogP contribution in [0.4, 0.5) is 0 Å². The highest BCUT2D eigenvalue weighted by molar-refractivity contribution is 6.30. The van der Waals surface area contributed by atoms with Crippen molar-refractivity contribution in [2.75, 3.05) is 19.8 Å². The predicted molar refractivity (Wildman–Crippen MR) is 97.6 cm³/mol. The molecule has 0 spiro atoms. The summed E-state index contributed by atoms with van der Waals surface area (Å²) in [4.78, 5) is 20.5. The van der Waals surface area contributed by atoms with E-state index in [1.807, 2.05) is 0 Å². The lowest BCUT2D eigenvalue weighted by Gasteiger charge is -2.13. The van der Waals surface area contributed by atoms with Crippen LogP contribution in [-0.4, -0.2) is 45.6 Å². The molecule has 136 valence electrons. The molecular formula is C18H18ClN3O4. The summed E-state index contributed by atoms with van der Waals surface area (Å²) in [5.41, 5.74) is 0.145.